The molecule has 2 atom stereocenters. The molecule has 2 heterocycles. The number of carboxylic acid groups (broad SMARTS) is 1. The molecule has 1 aliphatic rings. The number of primary amides is 1. The largest absolute Gasteiger partial charge is 0.508 e. The Hall–Kier alpha value is -3.56. The molecule has 154 valence electrons. The van der Waals surface area contributed by atoms with Gasteiger partial charge < -0.3 is 31.9 Å². The third-order valence-electron chi connectivity index (χ3n) is 4.75. The van der Waals surface area contributed by atoms with E-state index in [0.717, 1.165) is 25.7 Å². The summed E-state index contributed by atoms with van der Waals surface area (Å²) in [5, 5.41) is 27.7. The van der Waals surface area contributed by atoms with E-state index >= 15 is 0 Å². The average Bonchev–Trinajstić information content (AvgIpc) is 2.62. The number of nitrogens with two attached hydrogens (primary N) is 1. The molecule has 0 aliphatic heterocycles. The average molecular weight is 400 g/mol. The number of anilines is 3. The van der Waals surface area contributed by atoms with Gasteiger partial charge >= 0.3 is 6.09 Å². The van der Waals surface area contributed by atoms with Gasteiger partial charge in [0, 0.05) is 23.9 Å². The van der Waals surface area contributed by atoms with Gasteiger partial charge in [-0.25, -0.2) is 14.8 Å². The lowest BCUT2D eigenvalue weighted by atomic mass is 9.90. The Morgan fingerprint density at radius 1 is 1.17 bits per heavy atom. The van der Waals surface area contributed by atoms with Gasteiger partial charge in [-0.1, -0.05) is 12.8 Å². The SMILES string of the molecule is Cc1cc(O)cc(Nc2cc(N[C@@H]3CCCC[C@@H]3NC(=O)O)cnc2C(N)=O)n1. The molecule has 1 saturated carbocycles. The summed E-state index contributed by atoms with van der Waals surface area (Å²) in [6.45, 7) is 1.73. The fourth-order valence-electron chi connectivity index (χ4n) is 3.54. The minimum atomic E-state index is -1.06. The molecule has 2 aromatic rings. The molecule has 0 bridgehead atoms. The number of amides is 2. The molecule has 1 fully saturated rings. The van der Waals surface area contributed by atoms with Crippen molar-refractivity contribution in [3.63, 3.8) is 0 Å². The van der Waals surface area contributed by atoms with E-state index in [1.807, 2.05) is 0 Å². The van der Waals surface area contributed by atoms with Gasteiger partial charge in [-0.05, 0) is 25.8 Å². The van der Waals surface area contributed by atoms with Crippen LogP contribution in [0.5, 0.6) is 5.75 Å². The zero-order chi connectivity index (χ0) is 21.0. The van der Waals surface area contributed by atoms with E-state index in [0.29, 0.717) is 22.9 Å². The summed E-state index contributed by atoms with van der Waals surface area (Å²) < 4.78 is 0. The topological polar surface area (TPSA) is 162 Å². The van der Waals surface area contributed by atoms with Gasteiger partial charge in [0.2, 0.25) is 0 Å². The predicted octanol–water partition coefficient (Wildman–Crippen LogP) is 2.32. The summed E-state index contributed by atoms with van der Waals surface area (Å²) in [5.74, 6) is -0.335. The van der Waals surface area contributed by atoms with Crippen LogP contribution in [0.1, 0.15) is 41.9 Å². The fraction of sp³-hybridized carbons (Fsp3) is 0.368. The second kappa shape index (κ2) is 8.63. The number of hydrogen-bond donors (Lipinski definition) is 6. The number of carbonyl (C=O) groups excluding carboxylic acids is 1. The van der Waals surface area contributed by atoms with Crippen molar-refractivity contribution < 1.29 is 19.8 Å². The summed E-state index contributed by atoms with van der Waals surface area (Å²) in [7, 11) is 0. The van der Waals surface area contributed by atoms with Crippen LogP contribution in [-0.4, -0.2) is 44.3 Å². The van der Waals surface area contributed by atoms with Crippen LogP contribution in [-0.2, 0) is 0 Å². The van der Waals surface area contributed by atoms with Gasteiger partial charge in [-0.3, -0.25) is 4.79 Å². The smallest absolute Gasteiger partial charge is 0.404 e. The molecule has 0 aromatic carbocycles. The Morgan fingerprint density at radius 3 is 2.55 bits per heavy atom. The van der Waals surface area contributed by atoms with Gasteiger partial charge in [0.15, 0.2) is 5.69 Å². The molecule has 2 aromatic heterocycles. The van der Waals surface area contributed by atoms with E-state index in [4.69, 9.17) is 10.8 Å². The first-order valence-corrected chi connectivity index (χ1v) is 9.32. The normalized spacial score (nSPS) is 18.7. The zero-order valence-electron chi connectivity index (χ0n) is 16.0. The number of aromatic hydroxyl groups is 1. The Bertz CT molecular complexity index is 899. The lowest BCUT2D eigenvalue weighted by molar-refractivity contribution is 0.0996. The maximum absolute atomic E-state index is 11.8. The minimum absolute atomic E-state index is 0.0298. The molecular weight excluding hydrogens is 376 g/mol. The van der Waals surface area contributed by atoms with Crippen molar-refractivity contribution in [2.45, 2.75) is 44.7 Å². The Labute approximate surface area is 167 Å². The van der Waals surface area contributed by atoms with Crippen molar-refractivity contribution in [2.24, 2.45) is 5.73 Å². The Balaban J connectivity index is 1.85. The number of aromatic nitrogens is 2. The van der Waals surface area contributed by atoms with E-state index in [9.17, 15) is 14.7 Å². The highest BCUT2D eigenvalue weighted by molar-refractivity contribution is 5.97. The van der Waals surface area contributed by atoms with Gasteiger partial charge in [0.25, 0.3) is 5.91 Å². The molecule has 0 saturated heterocycles. The molecule has 29 heavy (non-hydrogen) atoms. The number of rotatable bonds is 6. The summed E-state index contributed by atoms with van der Waals surface area (Å²) in [4.78, 5) is 31.2. The number of nitrogens with zero attached hydrogens (tertiary/aromatic N) is 2. The zero-order valence-corrected chi connectivity index (χ0v) is 16.0. The van der Waals surface area contributed by atoms with Gasteiger partial charge in [0.1, 0.15) is 11.6 Å². The number of pyridine rings is 2. The van der Waals surface area contributed by atoms with E-state index in [1.54, 1.807) is 13.0 Å². The van der Waals surface area contributed by atoms with Gasteiger partial charge in [-0.2, -0.15) is 0 Å². The van der Waals surface area contributed by atoms with Crippen molar-refractivity contribution in [3.8, 4) is 5.75 Å². The predicted molar refractivity (Wildman–Crippen MR) is 108 cm³/mol. The molecule has 1 aliphatic carbocycles. The minimum Gasteiger partial charge on any atom is -0.508 e. The summed E-state index contributed by atoms with van der Waals surface area (Å²) in [6, 6.07) is 4.28. The molecule has 2 amide bonds. The van der Waals surface area contributed by atoms with Crippen molar-refractivity contribution in [1.29, 1.82) is 0 Å². The van der Waals surface area contributed by atoms with Crippen molar-refractivity contribution >= 4 is 29.2 Å². The first kappa shape index (κ1) is 20.2. The molecule has 3 rings (SSSR count). The summed E-state index contributed by atoms with van der Waals surface area (Å²) in [5.41, 5.74) is 7.00. The maximum atomic E-state index is 11.8. The van der Waals surface area contributed by atoms with E-state index in [1.165, 1.54) is 18.3 Å². The molecule has 0 unspecified atom stereocenters. The molecule has 10 nitrogen and oxygen atoms in total. The lowest BCUT2D eigenvalue weighted by Gasteiger charge is -2.32. The van der Waals surface area contributed by atoms with Gasteiger partial charge in [0.05, 0.1) is 23.6 Å². The second-order valence-electron chi connectivity index (χ2n) is 7.05. The first-order chi connectivity index (χ1) is 13.8. The van der Waals surface area contributed by atoms with Crippen LogP contribution in [0.15, 0.2) is 24.4 Å². The maximum Gasteiger partial charge on any atom is 0.404 e. The number of carbonyl (C=O) groups is 2. The number of aryl methyl sites for hydroxylation is 1. The van der Waals surface area contributed by atoms with Crippen molar-refractivity contribution in [3.05, 3.63) is 35.8 Å². The molecule has 10 heteroatoms. The van der Waals surface area contributed by atoms with Crippen molar-refractivity contribution in [1.82, 2.24) is 15.3 Å². The van der Waals surface area contributed by atoms with E-state index in [2.05, 4.69) is 25.9 Å². The molecule has 7 N–H and O–H groups in total. The second-order valence-corrected chi connectivity index (χ2v) is 7.05. The van der Waals surface area contributed by atoms with Crippen LogP contribution in [0.4, 0.5) is 22.0 Å². The highest BCUT2D eigenvalue weighted by Crippen LogP contribution is 2.27. The summed E-state index contributed by atoms with van der Waals surface area (Å²) >= 11 is 0. The molecular formula is C19H24N6O4. The first-order valence-electron chi connectivity index (χ1n) is 9.32. The van der Waals surface area contributed by atoms with Crippen LogP contribution < -0.4 is 21.7 Å². The van der Waals surface area contributed by atoms with Crippen LogP contribution in [0.3, 0.4) is 0 Å². The van der Waals surface area contributed by atoms with Crippen LogP contribution >= 0.6 is 0 Å². The van der Waals surface area contributed by atoms with Crippen molar-refractivity contribution in [2.75, 3.05) is 10.6 Å². The van der Waals surface area contributed by atoms with Crippen LogP contribution in [0.2, 0.25) is 0 Å². The Morgan fingerprint density at radius 2 is 1.90 bits per heavy atom. The quantitative estimate of drug-likeness (QED) is 0.430. The van der Waals surface area contributed by atoms with E-state index in [-0.39, 0.29) is 23.5 Å². The van der Waals surface area contributed by atoms with Gasteiger partial charge in [-0.15, -0.1) is 0 Å². The lowest BCUT2D eigenvalue weighted by Crippen LogP contribution is -2.48. The molecule has 0 radical (unpaired) electrons. The number of nitrogens with one attached hydrogen (secondary N) is 3. The van der Waals surface area contributed by atoms with Crippen LogP contribution in [0, 0.1) is 6.92 Å². The van der Waals surface area contributed by atoms with E-state index < -0.39 is 12.0 Å². The van der Waals surface area contributed by atoms with Crippen LogP contribution in [0.25, 0.3) is 0 Å². The summed E-state index contributed by atoms with van der Waals surface area (Å²) in [6.07, 6.45) is 3.92. The third kappa shape index (κ3) is 5.24. The third-order valence-corrected chi connectivity index (χ3v) is 4.75. The highest BCUT2D eigenvalue weighted by atomic mass is 16.4. The standard InChI is InChI=1S/C19H24N6O4/c1-10-6-12(26)8-16(22-10)24-15-7-11(9-21-17(15)18(20)27)23-13-4-2-3-5-14(13)25-19(28)29/h6-9,13-14,23,25H,2-5H2,1H3,(H2,20,27)(H,28,29)(H2,22,24,26)/t13-,14+/m1/s1. The monoisotopic (exact) mass is 400 g/mol. The Kier molecular flexibility index (Phi) is 6.01. The fourth-order valence-corrected chi connectivity index (χ4v) is 3.54. The molecule has 0 spiro atoms. The number of hydrogen-bond acceptors (Lipinski definition) is 7. The highest BCUT2D eigenvalue weighted by Gasteiger charge is 2.26.